The highest BCUT2D eigenvalue weighted by Crippen LogP contribution is 2.27. The topological polar surface area (TPSA) is 3.24 Å². The van der Waals surface area contributed by atoms with E-state index in [-0.39, 0.29) is 0 Å². The fraction of sp³-hybridized carbons (Fsp3) is 0.789. The first-order chi connectivity index (χ1) is 9.41. The number of unbranched alkanes of at least 4 members (excludes halogenated alkanes) is 1. The molecule has 0 saturated carbocycles. The van der Waals surface area contributed by atoms with E-state index in [1.165, 1.54) is 56.5 Å². The van der Waals surface area contributed by atoms with Gasteiger partial charge in [0.15, 0.2) is 0 Å². The van der Waals surface area contributed by atoms with Crippen LogP contribution in [0.5, 0.6) is 0 Å². The lowest BCUT2D eigenvalue weighted by Crippen LogP contribution is -2.34. The molecular weight excluding hydrogens is 242 g/mol. The maximum atomic E-state index is 4.30. The molecular formula is C19H35N. The van der Waals surface area contributed by atoms with Crippen molar-refractivity contribution < 1.29 is 0 Å². The van der Waals surface area contributed by atoms with Gasteiger partial charge in [0.2, 0.25) is 0 Å². The fourth-order valence-electron chi connectivity index (χ4n) is 3.01. The molecule has 1 fully saturated rings. The molecule has 20 heavy (non-hydrogen) atoms. The highest BCUT2D eigenvalue weighted by atomic mass is 15.1. The summed E-state index contributed by atoms with van der Waals surface area (Å²) >= 11 is 0. The predicted molar refractivity (Wildman–Crippen MR) is 90.7 cm³/mol. The first kappa shape index (κ1) is 17.3. The van der Waals surface area contributed by atoms with Gasteiger partial charge in [-0.2, -0.15) is 0 Å². The molecule has 0 N–H and O–H groups in total. The van der Waals surface area contributed by atoms with Crippen LogP contribution in [0.25, 0.3) is 0 Å². The minimum absolute atomic E-state index is 0.633. The Morgan fingerprint density at radius 1 is 1.00 bits per heavy atom. The monoisotopic (exact) mass is 277 g/mol. The van der Waals surface area contributed by atoms with Crippen LogP contribution in [0, 0.1) is 17.8 Å². The summed E-state index contributed by atoms with van der Waals surface area (Å²) in [6, 6.07) is 0. The third-order valence-electron chi connectivity index (χ3n) is 4.96. The summed E-state index contributed by atoms with van der Waals surface area (Å²) in [7, 11) is 0. The van der Waals surface area contributed by atoms with Crippen molar-refractivity contribution in [1.82, 2.24) is 4.90 Å². The van der Waals surface area contributed by atoms with Crippen LogP contribution in [0.1, 0.15) is 66.2 Å². The van der Waals surface area contributed by atoms with Crippen molar-refractivity contribution in [3.05, 3.63) is 24.4 Å². The molecule has 0 amide bonds. The van der Waals surface area contributed by atoms with Gasteiger partial charge in [0, 0.05) is 18.8 Å². The van der Waals surface area contributed by atoms with Crippen LogP contribution in [0.4, 0.5) is 0 Å². The Kier molecular flexibility index (Phi) is 7.40. The zero-order chi connectivity index (χ0) is 15.1. The van der Waals surface area contributed by atoms with Gasteiger partial charge in [-0.1, -0.05) is 46.4 Å². The predicted octanol–water partition coefficient (Wildman–Crippen LogP) is 5.64. The third kappa shape index (κ3) is 5.73. The van der Waals surface area contributed by atoms with Crippen LogP contribution in [0.15, 0.2) is 24.4 Å². The van der Waals surface area contributed by atoms with Crippen LogP contribution in [0.3, 0.4) is 0 Å². The summed E-state index contributed by atoms with van der Waals surface area (Å²) in [6.45, 7) is 20.1. The Morgan fingerprint density at radius 2 is 1.55 bits per heavy atom. The number of rotatable bonds is 8. The molecule has 0 spiro atoms. The summed E-state index contributed by atoms with van der Waals surface area (Å²) < 4.78 is 0. The quantitative estimate of drug-likeness (QED) is 0.410. The summed E-state index contributed by atoms with van der Waals surface area (Å²) in [6.07, 6.45) is 7.56. The Hall–Kier alpha value is -0.720. The Balaban J connectivity index is 2.16. The lowest BCUT2D eigenvalue weighted by atomic mass is 9.86. The number of piperidine rings is 1. The molecule has 0 unspecified atom stereocenters. The number of likely N-dealkylation sites (tertiary alicyclic amines) is 1. The van der Waals surface area contributed by atoms with Gasteiger partial charge in [0.1, 0.15) is 0 Å². The van der Waals surface area contributed by atoms with Gasteiger partial charge in [0.25, 0.3) is 0 Å². The normalized spacial score (nSPS) is 17.0. The molecule has 1 aliphatic heterocycles. The van der Waals surface area contributed by atoms with Crippen LogP contribution in [-0.4, -0.2) is 18.0 Å². The lowest BCUT2D eigenvalue weighted by molar-refractivity contribution is 0.186. The summed E-state index contributed by atoms with van der Waals surface area (Å²) in [5.74, 6) is 2.40. The average Bonchev–Trinajstić information content (AvgIpc) is 2.43. The molecule has 0 atom stereocenters. The van der Waals surface area contributed by atoms with E-state index in [1.54, 1.807) is 0 Å². The molecule has 0 aromatic carbocycles. The highest BCUT2D eigenvalue weighted by molar-refractivity contribution is 4.99. The van der Waals surface area contributed by atoms with E-state index in [9.17, 15) is 0 Å². The largest absolute Gasteiger partial charge is 0.375 e. The van der Waals surface area contributed by atoms with E-state index in [0.717, 1.165) is 18.3 Å². The molecule has 1 saturated heterocycles. The minimum atomic E-state index is 0.633. The molecule has 0 aliphatic carbocycles. The van der Waals surface area contributed by atoms with Gasteiger partial charge in [-0.25, -0.2) is 0 Å². The molecule has 1 rings (SSSR count). The SMILES string of the molecule is C=C(CCCCC(=C)N1CCC(C(C)C)CC1)C(C)C. The zero-order valence-corrected chi connectivity index (χ0v) is 14.3. The van der Waals surface area contributed by atoms with E-state index in [4.69, 9.17) is 0 Å². The van der Waals surface area contributed by atoms with Crippen molar-refractivity contribution in [2.24, 2.45) is 17.8 Å². The van der Waals surface area contributed by atoms with Gasteiger partial charge >= 0.3 is 0 Å². The summed E-state index contributed by atoms with van der Waals surface area (Å²) in [4.78, 5) is 2.52. The standard InChI is InChI=1S/C19H35N/c1-15(2)17(5)9-7-8-10-18(6)20-13-11-19(12-14-20)16(3)4/h15-16,19H,5-14H2,1-4H3. The van der Waals surface area contributed by atoms with Crippen LogP contribution >= 0.6 is 0 Å². The zero-order valence-electron chi connectivity index (χ0n) is 14.3. The first-order valence-corrected chi connectivity index (χ1v) is 8.52. The number of hydrogen-bond donors (Lipinski definition) is 0. The van der Waals surface area contributed by atoms with E-state index in [0.29, 0.717) is 5.92 Å². The van der Waals surface area contributed by atoms with E-state index >= 15 is 0 Å². The van der Waals surface area contributed by atoms with Crippen molar-refractivity contribution in [1.29, 1.82) is 0 Å². The van der Waals surface area contributed by atoms with Gasteiger partial charge < -0.3 is 4.90 Å². The second-order valence-corrected chi connectivity index (χ2v) is 7.15. The van der Waals surface area contributed by atoms with Crippen molar-refractivity contribution in [3.8, 4) is 0 Å². The van der Waals surface area contributed by atoms with Crippen molar-refractivity contribution in [3.63, 3.8) is 0 Å². The number of hydrogen-bond acceptors (Lipinski definition) is 1. The van der Waals surface area contributed by atoms with Crippen molar-refractivity contribution in [2.45, 2.75) is 66.2 Å². The van der Waals surface area contributed by atoms with Crippen LogP contribution in [-0.2, 0) is 0 Å². The van der Waals surface area contributed by atoms with E-state index in [1.807, 2.05) is 0 Å². The van der Waals surface area contributed by atoms with E-state index in [2.05, 4.69) is 45.8 Å². The molecule has 1 heterocycles. The average molecular weight is 277 g/mol. The maximum Gasteiger partial charge on any atom is 0.0177 e. The molecule has 0 bridgehead atoms. The van der Waals surface area contributed by atoms with Crippen molar-refractivity contribution >= 4 is 0 Å². The molecule has 0 aromatic rings. The van der Waals surface area contributed by atoms with Crippen LogP contribution in [0.2, 0.25) is 0 Å². The van der Waals surface area contributed by atoms with Gasteiger partial charge in [-0.05, 0) is 56.3 Å². The van der Waals surface area contributed by atoms with Gasteiger partial charge in [0.05, 0.1) is 0 Å². The minimum Gasteiger partial charge on any atom is -0.375 e. The summed E-state index contributed by atoms with van der Waals surface area (Å²) in [5.41, 5.74) is 2.76. The molecule has 116 valence electrons. The molecule has 0 aromatic heterocycles. The number of allylic oxidation sites excluding steroid dienone is 2. The maximum absolute atomic E-state index is 4.30. The third-order valence-corrected chi connectivity index (χ3v) is 4.96. The van der Waals surface area contributed by atoms with Gasteiger partial charge in [-0.15, -0.1) is 0 Å². The molecule has 0 radical (unpaired) electrons. The van der Waals surface area contributed by atoms with Crippen LogP contribution < -0.4 is 0 Å². The second kappa shape index (κ2) is 8.54. The fourth-order valence-corrected chi connectivity index (χ4v) is 3.01. The molecule has 1 heteroatoms. The smallest absolute Gasteiger partial charge is 0.0177 e. The van der Waals surface area contributed by atoms with Gasteiger partial charge in [-0.3, -0.25) is 0 Å². The summed E-state index contributed by atoms with van der Waals surface area (Å²) in [5, 5.41) is 0. The second-order valence-electron chi connectivity index (χ2n) is 7.15. The Morgan fingerprint density at radius 3 is 2.05 bits per heavy atom. The highest BCUT2D eigenvalue weighted by Gasteiger charge is 2.21. The van der Waals surface area contributed by atoms with E-state index < -0.39 is 0 Å². The lowest BCUT2D eigenvalue weighted by Gasteiger charge is -2.36. The first-order valence-electron chi connectivity index (χ1n) is 8.52. The molecule has 1 aliphatic rings. The molecule has 1 nitrogen and oxygen atoms in total. The Bertz CT molecular complexity index is 306. The van der Waals surface area contributed by atoms with Crippen molar-refractivity contribution in [2.75, 3.05) is 13.1 Å². The number of nitrogens with zero attached hydrogens (tertiary/aromatic N) is 1. The Labute approximate surface area is 127 Å².